The van der Waals surface area contributed by atoms with E-state index in [-0.39, 0.29) is 12.0 Å². The molecule has 4 N–H and O–H groups in total. The van der Waals surface area contributed by atoms with Gasteiger partial charge in [-0.3, -0.25) is 14.4 Å². The maximum absolute atomic E-state index is 14.2. The maximum Gasteiger partial charge on any atom is 0.243 e. The highest BCUT2D eigenvalue weighted by atomic mass is 19.1. The highest BCUT2D eigenvalue weighted by molar-refractivity contribution is 5.94. The van der Waals surface area contributed by atoms with Gasteiger partial charge in [0.15, 0.2) is 0 Å². The zero-order valence-corrected chi connectivity index (χ0v) is 18.0. The van der Waals surface area contributed by atoms with Crippen molar-refractivity contribution < 1.29 is 18.8 Å². The lowest BCUT2D eigenvalue weighted by Crippen LogP contribution is -2.55. The molecule has 0 radical (unpaired) electrons. The SMILES string of the molecule is CC(=O)N[C@@H](Cc1ccccc1F)C(=O)N[C@@H](C(N)=O)C1c2ccccc2-c2ccccc21. The van der Waals surface area contributed by atoms with E-state index in [2.05, 4.69) is 10.6 Å². The highest BCUT2D eigenvalue weighted by Gasteiger charge is 2.39. The van der Waals surface area contributed by atoms with Gasteiger partial charge < -0.3 is 16.4 Å². The average Bonchev–Trinajstić information content (AvgIpc) is 3.12. The molecule has 3 amide bonds. The van der Waals surface area contributed by atoms with Crippen molar-refractivity contribution in [1.82, 2.24) is 10.6 Å². The van der Waals surface area contributed by atoms with Gasteiger partial charge in [0.2, 0.25) is 17.7 Å². The van der Waals surface area contributed by atoms with Crippen LogP contribution in [0.5, 0.6) is 0 Å². The molecule has 0 saturated heterocycles. The van der Waals surface area contributed by atoms with Crippen LogP contribution in [0.4, 0.5) is 4.39 Å². The fourth-order valence-electron chi connectivity index (χ4n) is 4.46. The van der Waals surface area contributed by atoms with Crippen LogP contribution in [-0.4, -0.2) is 29.8 Å². The van der Waals surface area contributed by atoms with Crippen molar-refractivity contribution in [3.8, 4) is 11.1 Å². The summed E-state index contributed by atoms with van der Waals surface area (Å²) in [5, 5.41) is 5.29. The largest absolute Gasteiger partial charge is 0.368 e. The van der Waals surface area contributed by atoms with E-state index in [4.69, 9.17) is 5.73 Å². The molecule has 0 aliphatic heterocycles. The summed E-state index contributed by atoms with van der Waals surface area (Å²) in [7, 11) is 0. The zero-order chi connectivity index (χ0) is 23.5. The number of fused-ring (bicyclic) bond motifs is 3. The van der Waals surface area contributed by atoms with Crippen LogP contribution in [0, 0.1) is 5.82 Å². The number of nitrogens with two attached hydrogens (primary N) is 1. The molecule has 1 aliphatic rings. The molecular weight excluding hydrogens is 421 g/mol. The third-order valence-electron chi connectivity index (χ3n) is 5.90. The van der Waals surface area contributed by atoms with Gasteiger partial charge in [0.25, 0.3) is 0 Å². The second-order valence-corrected chi connectivity index (χ2v) is 8.09. The lowest BCUT2D eigenvalue weighted by Gasteiger charge is -2.26. The molecule has 3 aromatic rings. The van der Waals surface area contributed by atoms with Gasteiger partial charge in [0, 0.05) is 19.3 Å². The number of hydrogen-bond acceptors (Lipinski definition) is 3. The zero-order valence-electron chi connectivity index (χ0n) is 18.0. The summed E-state index contributed by atoms with van der Waals surface area (Å²) in [5.74, 6) is -2.72. The van der Waals surface area contributed by atoms with Crippen molar-refractivity contribution >= 4 is 17.7 Å². The van der Waals surface area contributed by atoms with Gasteiger partial charge in [-0.25, -0.2) is 4.39 Å². The molecule has 6 nitrogen and oxygen atoms in total. The number of hydrogen-bond donors (Lipinski definition) is 3. The number of carbonyl (C=O) groups is 3. The van der Waals surface area contributed by atoms with Crippen LogP contribution in [0.3, 0.4) is 0 Å². The van der Waals surface area contributed by atoms with Crippen molar-refractivity contribution in [2.45, 2.75) is 31.3 Å². The van der Waals surface area contributed by atoms with E-state index >= 15 is 0 Å². The molecule has 0 heterocycles. The number of rotatable bonds is 7. The van der Waals surface area contributed by atoms with Crippen LogP contribution in [-0.2, 0) is 20.8 Å². The number of primary amides is 1. The molecule has 168 valence electrons. The lowest BCUT2D eigenvalue weighted by molar-refractivity contribution is -0.131. The van der Waals surface area contributed by atoms with E-state index < -0.39 is 41.5 Å². The molecule has 3 aromatic carbocycles. The minimum absolute atomic E-state index is 0.0680. The Labute approximate surface area is 191 Å². The van der Waals surface area contributed by atoms with Gasteiger partial charge in [0.1, 0.15) is 17.9 Å². The molecule has 0 saturated carbocycles. The molecule has 0 unspecified atom stereocenters. The third-order valence-corrected chi connectivity index (χ3v) is 5.90. The van der Waals surface area contributed by atoms with Gasteiger partial charge in [-0.15, -0.1) is 0 Å². The van der Waals surface area contributed by atoms with Crippen molar-refractivity contribution in [2.75, 3.05) is 0 Å². The standard InChI is InChI=1S/C26H24FN3O3/c1-15(31)29-22(14-16-8-2-7-13-21(16)27)26(33)30-24(25(28)32)23-19-11-5-3-9-17(19)18-10-4-6-12-20(18)23/h2-13,22-24H,14H2,1H3,(H2,28,32)(H,29,31)(H,30,33)/t22-,24+/m0/s1. The summed E-state index contributed by atoms with van der Waals surface area (Å²) >= 11 is 0. The van der Waals surface area contributed by atoms with Crippen LogP contribution in [0.1, 0.15) is 29.5 Å². The fraction of sp³-hybridized carbons (Fsp3) is 0.192. The number of carbonyl (C=O) groups excluding carboxylic acids is 3. The Kier molecular flexibility index (Phi) is 6.22. The quantitative estimate of drug-likeness (QED) is 0.521. The maximum atomic E-state index is 14.2. The topological polar surface area (TPSA) is 101 Å². The second kappa shape index (κ2) is 9.24. The van der Waals surface area contributed by atoms with Crippen molar-refractivity contribution in [3.05, 3.63) is 95.3 Å². The van der Waals surface area contributed by atoms with E-state index in [1.807, 2.05) is 48.5 Å². The van der Waals surface area contributed by atoms with Gasteiger partial charge in [0.05, 0.1) is 0 Å². The molecule has 33 heavy (non-hydrogen) atoms. The van der Waals surface area contributed by atoms with Crippen LogP contribution in [0.25, 0.3) is 11.1 Å². The number of nitrogens with one attached hydrogen (secondary N) is 2. The molecule has 7 heteroatoms. The summed E-state index contributed by atoms with van der Waals surface area (Å²) in [6, 6.07) is 19.2. The number of amides is 3. The Morgan fingerprint density at radius 1 is 0.879 bits per heavy atom. The summed E-state index contributed by atoms with van der Waals surface area (Å²) in [6.45, 7) is 1.27. The van der Waals surface area contributed by atoms with Gasteiger partial charge in [-0.1, -0.05) is 66.7 Å². The van der Waals surface area contributed by atoms with E-state index in [1.165, 1.54) is 13.0 Å². The monoisotopic (exact) mass is 445 g/mol. The van der Waals surface area contributed by atoms with Gasteiger partial charge in [-0.2, -0.15) is 0 Å². The Balaban J connectivity index is 1.66. The Bertz CT molecular complexity index is 1180. The van der Waals surface area contributed by atoms with Crippen LogP contribution in [0.2, 0.25) is 0 Å². The average molecular weight is 445 g/mol. The van der Waals surface area contributed by atoms with Crippen LogP contribution < -0.4 is 16.4 Å². The molecule has 0 bridgehead atoms. The number of halogens is 1. The van der Waals surface area contributed by atoms with Crippen molar-refractivity contribution in [2.24, 2.45) is 5.73 Å². The van der Waals surface area contributed by atoms with Gasteiger partial charge >= 0.3 is 0 Å². The molecule has 2 atom stereocenters. The van der Waals surface area contributed by atoms with Crippen molar-refractivity contribution in [3.63, 3.8) is 0 Å². The summed E-state index contributed by atoms with van der Waals surface area (Å²) in [6.07, 6.45) is -0.0680. The summed E-state index contributed by atoms with van der Waals surface area (Å²) in [5.41, 5.74) is 9.75. The predicted molar refractivity (Wildman–Crippen MR) is 123 cm³/mol. The van der Waals surface area contributed by atoms with E-state index in [1.54, 1.807) is 18.2 Å². The van der Waals surface area contributed by atoms with E-state index in [0.29, 0.717) is 0 Å². The first-order chi connectivity index (χ1) is 15.9. The van der Waals surface area contributed by atoms with Crippen molar-refractivity contribution in [1.29, 1.82) is 0 Å². The normalized spacial score (nSPS) is 14.0. The Morgan fingerprint density at radius 3 is 1.97 bits per heavy atom. The predicted octanol–water partition coefficient (Wildman–Crippen LogP) is 2.66. The Morgan fingerprint density at radius 2 is 1.42 bits per heavy atom. The molecule has 0 aromatic heterocycles. The highest BCUT2D eigenvalue weighted by Crippen LogP contribution is 2.46. The van der Waals surface area contributed by atoms with E-state index in [0.717, 1.165) is 22.3 Å². The van der Waals surface area contributed by atoms with Gasteiger partial charge in [-0.05, 0) is 33.9 Å². The minimum Gasteiger partial charge on any atom is -0.368 e. The molecule has 0 fully saturated rings. The Hall–Kier alpha value is -4.00. The molecular formula is C26H24FN3O3. The molecule has 0 spiro atoms. The fourth-order valence-corrected chi connectivity index (χ4v) is 4.46. The summed E-state index contributed by atoms with van der Waals surface area (Å²) < 4.78 is 14.2. The lowest BCUT2D eigenvalue weighted by atomic mass is 9.88. The molecule has 1 aliphatic carbocycles. The van der Waals surface area contributed by atoms with Crippen LogP contribution in [0.15, 0.2) is 72.8 Å². The minimum atomic E-state index is -1.08. The first-order valence-corrected chi connectivity index (χ1v) is 10.6. The first-order valence-electron chi connectivity index (χ1n) is 10.6. The second-order valence-electron chi connectivity index (χ2n) is 8.09. The summed E-state index contributed by atoms with van der Waals surface area (Å²) in [4.78, 5) is 37.6. The number of benzene rings is 3. The van der Waals surface area contributed by atoms with E-state index in [9.17, 15) is 18.8 Å². The smallest absolute Gasteiger partial charge is 0.243 e. The first kappa shape index (κ1) is 22.2. The van der Waals surface area contributed by atoms with Crippen LogP contribution >= 0.6 is 0 Å². The third kappa shape index (κ3) is 4.48. The molecule has 4 rings (SSSR count).